The van der Waals surface area contributed by atoms with E-state index in [1.54, 1.807) is 69.1 Å². The lowest BCUT2D eigenvalue weighted by Gasteiger charge is -2.38. The number of esters is 1. The zero-order valence-corrected chi connectivity index (χ0v) is 41.8. The number of phenols is 3. The van der Waals surface area contributed by atoms with Crippen molar-refractivity contribution in [2.24, 2.45) is 28.8 Å². The standard InChI is InChI=1S/C51H61ClN6O13/c1-25-11-10-12-26(2)49(66)55-40-34(23-53-58-20-18-57(19-21-58)24-36-54-50(71-56-36)32-13-15-33(52)16-14-32)44(63)37-38(45(40)64)43(62)30(6)47-39(37)48(65)51(8,70-47)68-22-17-35(67-9)27(3)46(69-31(7)59)29(5)42(61)28(4)41(25)60/h10-17,22-23,25,27-29,35,41-42,46,60-64H,18-21,24H2,1-9H3,(H,55,66)/b11-10+,22-17+,26-12-,53-23+/t25-,27+,28+,29+,35-,41-,42+,46+,51-/m0/s1. The number of carbonyl (C=O) groups excluding carboxylic acids is 3. The Morgan fingerprint density at radius 3 is 2.31 bits per heavy atom. The van der Waals surface area contributed by atoms with Crippen LogP contribution >= 0.6 is 11.6 Å². The van der Waals surface area contributed by atoms with Crippen molar-refractivity contribution in [3.05, 3.63) is 87.9 Å². The third-order valence-electron chi connectivity index (χ3n) is 13.7. The molecule has 0 saturated carbocycles. The normalized spacial score (nSPS) is 28.6. The van der Waals surface area contributed by atoms with E-state index in [4.69, 9.17) is 35.1 Å². The highest BCUT2D eigenvalue weighted by molar-refractivity contribution is 6.30. The molecule has 3 aromatic carbocycles. The lowest BCUT2D eigenvalue weighted by molar-refractivity contribution is -0.160. The van der Waals surface area contributed by atoms with Gasteiger partial charge in [-0.25, -0.2) is 0 Å². The van der Waals surface area contributed by atoms with Gasteiger partial charge in [0.1, 0.15) is 23.4 Å². The number of halogens is 1. The second kappa shape index (κ2) is 21.5. The average molecular weight is 1000 g/mol. The number of allylic oxidation sites excluding steroid dienone is 2. The van der Waals surface area contributed by atoms with Gasteiger partial charge in [0, 0.05) is 97.9 Å². The summed E-state index contributed by atoms with van der Waals surface area (Å²) in [7, 11) is 1.43. The number of aliphatic hydroxyl groups excluding tert-OH is 2. The van der Waals surface area contributed by atoms with Crippen LogP contribution in [-0.4, -0.2) is 133 Å². The van der Waals surface area contributed by atoms with Crippen LogP contribution in [0.4, 0.5) is 5.69 Å². The molecule has 9 atom stereocenters. The van der Waals surface area contributed by atoms with Gasteiger partial charge in [-0.2, -0.15) is 10.1 Å². The Labute approximate surface area is 416 Å². The number of hydrazone groups is 1. The number of hydrogen-bond acceptors (Lipinski definition) is 18. The quantitative estimate of drug-likeness (QED) is 0.0493. The minimum Gasteiger partial charge on any atom is -0.507 e. The maximum absolute atomic E-state index is 14.6. The highest BCUT2D eigenvalue weighted by atomic mass is 35.5. The van der Waals surface area contributed by atoms with Crippen molar-refractivity contribution in [2.45, 2.75) is 92.1 Å². The van der Waals surface area contributed by atoms with Gasteiger partial charge < -0.3 is 54.3 Å². The van der Waals surface area contributed by atoms with E-state index in [0.717, 1.165) is 5.56 Å². The highest BCUT2D eigenvalue weighted by Crippen LogP contribution is 2.55. The molecule has 0 spiro atoms. The number of aromatic hydroxyl groups is 3. The molecule has 380 valence electrons. The Morgan fingerprint density at radius 2 is 1.65 bits per heavy atom. The predicted octanol–water partition coefficient (Wildman–Crippen LogP) is 6.61. The molecule has 71 heavy (non-hydrogen) atoms. The number of ether oxygens (including phenoxy) is 4. The molecule has 1 amide bonds. The zero-order valence-electron chi connectivity index (χ0n) is 41.0. The van der Waals surface area contributed by atoms with E-state index >= 15 is 0 Å². The summed E-state index contributed by atoms with van der Waals surface area (Å²) in [4.78, 5) is 47.6. The zero-order chi connectivity index (χ0) is 51.6. The summed E-state index contributed by atoms with van der Waals surface area (Å²) in [5.41, 5.74) is 0.203. The van der Waals surface area contributed by atoms with Crippen LogP contribution < -0.4 is 10.1 Å². The van der Waals surface area contributed by atoms with Crippen molar-refractivity contribution in [2.75, 3.05) is 38.6 Å². The van der Waals surface area contributed by atoms with Crippen LogP contribution in [0, 0.1) is 30.6 Å². The van der Waals surface area contributed by atoms with Crippen molar-refractivity contribution >= 4 is 51.9 Å². The van der Waals surface area contributed by atoms with Crippen molar-refractivity contribution in [1.29, 1.82) is 0 Å². The molecule has 6 N–H and O–H groups in total. The monoisotopic (exact) mass is 1000 g/mol. The number of nitrogens with zero attached hydrogens (tertiary/aromatic N) is 5. The predicted molar refractivity (Wildman–Crippen MR) is 263 cm³/mol. The van der Waals surface area contributed by atoms with Gasteiger partial charge >= 0.3 is 11.8 Å². The molecule has 1 aromatic heterocycles. The summed E-state index contributed by atoms with van der Waals surface area (Å²) in [5, 5.41) is 72.3. The number of methoxy groups -OCH3 is 1. The fourth-order valence-corrected chi connectivity index (χ4v) is 9.38. The fourth-order valence-electron chi connectivity index (χ4n) is 9.25. The number of aliphatic hydroxyl groups is 2. The number of nitrogens with one attached hydrogen (secondary N) is 1. The molecule has 0 aliphatic carbocycles. The SMILES string of the molecule is CO[C@H]1/C=C/O[C@@]2(C)Oc3c(C)c(O)c4c(O)c(c(/C=N/N5CCN(Cc6noc(-c7ccc(Cl)cc7)n6)CC5)c(O)c4c3C2=O)NC(=O)/C(C)=C\C=C\[C@H](C)[C@H](O)[C@@H](C)[C@@H](O)[C@@H](C)[C@H](OC(C)=O)[C@@H]1C. The van der Waals surface area contributed by atoms with E-state index in [0.29, 0.717) is 49.5 Å². The summed E-state index contributed by atoms with van der Waals surface area (Å²) in [6.45, 7) is 14.8. The minimum atomic E-state index is -2.09. The fraction of sp³-hybridized carbons (Fsp3) is 0.451. The number of aromatic nitrogens is 2. The van der Waals surface area contributed by atoms with Crippen LogP contribution in [0.1, 0.15) is 75.8 Å². The molecule has 4 aliphatic rings. The van der Waals surface area contributed by atoms with Gasteiger partial charge in [-0.1, -0.05) is 62.7 Å². The number of benzene rings is 3. The van der Waals surface area contributed by atoms with Gasteiger partial charge in [-0.15, -0.1) is 0 Å². The number of carbonyl (C=O) groups is 3. The van der Waals surface area contributed by atoms with Crippen LogP contribution in [0.15, 0.2) is 70.0 Å². The molecule has 1 fully saturated rings. The number of amides is 1. The maximum atomic E-state index is 14.6. The van der Waals surface area contributed by atoms with Crippen LogP contribution in [-0.2, 0) is 30.3 Å². The largest absolute Gasteiger partial charge is 0.507 e. The highest BCUT2D eigenvalue weighted by Gasteiger charge is 2.50. The molecule has 0 radical (unpaired) electrons. The van der Waals surface area contributed by atoms with E-state index in [9.17, 15) is 39.9 Å². The van der Waals surface area contributed by atoms with Gasteiger partial charge in [0.15, 0.2) is 11.6 Å². The van der Waals surface area contributed by atoms with E-state index < -0.39 is 88.8 Å². The number of hydrogen-bond donors (Lipinski definition) is 6. The summed E-state index contributed by atoms with van der Waals surface area (Å²) >= 11 is 6.03. The van der Waals surface area contributed by atoms with Gasteiger partial charge in [-0.05, 0) is 44.2 Å². The number of anilines is 1. The molecule has 5 heterocycles. The summed E-state index contributed by atoms with van der Waals surface area (Å²) in [6.07, 6.45) is 4.69. The Balaban J connectivity index is 1.26. The molecule has 1 saturated heterocycles. The number of rotatable bonds is 7. The van der Waals surface area contributed by atoms with Crippen LogP contribution in [0.3, 0.4) is 0 Å². The number of phenolic OH excluding ortho intramolecular Hbond substituents is 3. The first-order valence-corrected chi connectivity index (χ1v) is 23.7. The van der Waals surface area contributed by atoms with E-state index in [-0.39, 0.29) is 44.5 Å². The van der Waals surface area contributed by atoms with Crippen molar-refractivity contribution in [3.63, 3.8) is 0 Å². The molecule has 4 aliphatic heterocycles. The third kappa shape index (κ3) is 10.7. The second-order valence-electron chi connectivity index (χ2n) is 18.6. The van der Waals surface area contributed by atoms with Gasteiger partial charge in [0.25, 0.3) is 17.6 Å². The van der Waals surface area contributed by atoms with Crippen molar-refractivity contribution in [3.8, 4) is 34.5 Å². The second-order valence-corrected chi connectivity index (χ2v) is 19.1. The molecule has 5 bridgehead atoms. The molecule has 0 unspecified atom stereocenters. The molecule has 4 aromatic rings. The first-order chi connectivity index (χ1) is 33.6. The topological polar surface area (TPSA) is 259 Å². The van der Waals surface area contributed by atoms with E-state index in [1.807, 2.05) is 0 Å². The Bertz CT molecular complexity index is 2780. The van der Waals surface area contributed by atoms with E-state index in [2.05, 4.69) is 25.5 Å². The van der Waals surface area contributed by atoms with Crippen LogP contribution in [0.2, 0.25) is 5.02 Å². The number of Topliss-reactive ketones (excluding diaryl/α,β-unsaturated/α-hetero) is 1. The third-order valence-corrected chi connectivity index (χ3v) is 13.9. The number of piperazine rings is 1. The maximum Gasteiger partial charge on any atom is 0.312 e. The number of ketones is 1. The van der Waals surface area contributed by atoms with Crippen molar-refractivity contribution in [1.82, 2.24) is 20.0 Å². The molecule has 20 heteroatoms. The van der Waals surface area contributed by atoms with Crippen molar-refractivity contribution < 1.29 is 63.4 Å². The summed E-state index contributed by atoms with van der Waals surface area (Å²) in [6, 6.07) is 7.06. The Hall–Kier alpha value is -6.51. The Kier molecular flexibility index (Phi) is 15.8. The Morgan fingerprint density at radius 1 is 0.958 bits per heavy atom. The first-order valence-electron chi connectivity index (χ1n) is 23.3. The smallest absolute Gasteiger partial charge is 0.312 e. The molecule has 19 nitrogen and oxygen atoms in total. The lowest BCUT2D eigenvalue weighted by atomic mass is 9.78. The summed E-state index contributed by atoms with van der Waals surface area (Å²) < 4.78 is 29.2. The molecular weight excluding hydrogens is 940 g/mol. The first kappa shape index (κ1) is 52.3. The van der Waals surface area contributed by atoms with Crippen LogP contribution in [0.5, 0.6) is 23.0 Å². The minimum absolute atomic E-state index is 0.0304. The molecular formula is C51H61ClN6O13. The average Bonchev–Trinajstić information content (AvgIpc) is 3.92. The van der Waals surface area contributed by atoms with E-state index in [1.165, 1.54) is 59.4 Å². The number of fused-ring (bicyclic) bond motifs is 14. The van der Waals surface area contributed by atoms with Crippen LogP contribution in [0.25, 0.3) is 22.2 Å². The molecule has 8 rings (SSSR count). The van der Waals surface area contributed by atoms with Gasteiger partial charge in [0.05, 0.1) is 59.5 Å². The van der Waals surface area contributed by atoms with Gasteiger partial charge in [0.2, 0.25) is 0 Å². The van der Waals surface area contributed by atoms with Gasteiger partial charge in [-0.3, -0.25) is 24.3 Å². The summed E-state index contributed by atoms with van der Waals surface area (Å²) in [5.74, 6) is -7.84. The lowest BCUT2D eigenvalue weighted by Crippen LogP contribution is -2.46.